The van der Waals surface area contributed by atoms with Gasteiger partial charge in [-0.1, -0.05) is 54.9 Å². The molecule has 0 aliphatic carbocycles. The number of hydrogen-bond donors (Lipinski definition) is 1. The van der Waals surface area contributed by atoms with Crippen molar-refractivity contribution in [1.82, 2.24) is 14.6 Å². The Morgan fingerprint density at radius 3 is 2.57 bits per heavy atom. The molecule has 0 spiro atoms. The van der Waals surface area contributed by atoms with Gasteiger partial charge >= 0.3 is 0 Å². The number of nitrogens with two attached hydrogens (primary N) is 1. The van der Waals surface area contributed by atoms with Crippen LogP contribution in [0.15, 0.2) is 45.7 Å². The van der Waals surface area contributed by atoms with Crippen molar-refractivity contribution in [2.45, 2.75) is 30.8 Å². The molecular formula is C20H22N4O2S2. The van der Waals surface area contributed by atoms with Crippen LogP contribution in [0.3, 0.4) is 0 Å². The van der Waals surface area contributed by atoms with Gasteiger partial charge in [-0.3, -0.25) is 9.59 Å². The Labute approximate surface area is 171 Å². The second-order valence-electron chi connectivity index (χ2n) is 6.85. The van der Waals surface area contributed by atoms with Gasteiger partial charge in [0.1, 0.15) is 4.83 Å². The van der Waals surface area contributed by atoms with E-state index >= 15 is 0 Å². The molecule has 2 aromatic heterocycles. The molecule has 3 aromatic rings. The molecule has 1 aliphatic rings. The zero-order valence-corrected chi connectivity index (χ0v) is 17.1. The van der Waals surface area contributed by atoms with Crippen LogP contribution in [-0.4, -0.2) is 39.3 Å². The summed E-state index contributed by atoms with van der Waals surface area (Å²) in [6.45, 7) is 1.62. The van der Waals surface area contributed by atoms with Crippen molar-refractivity contribution in [3.8, 4) is 11.1 Å². The highest BCUT2D eigenvalue weighted by Gasteiger charge is 2.19. The van der Waals surface area contributed by atoms with E-state index in [4.69, 9.17) is 5.84 Å². The molecule has 146 valence electrons. The van der Waals surface area contributed by atoms with Crippen LogP contribution in [0.2, 0.25) is 0 Å². The number of thiophene rings is 1. The predicted octanol–water partition coefficient (Wildman–Crippen LogP) is 3.33. The van der Waals surface area contributed by atoms with Crippen molar-refractivity contribution < 1.29 is 4.79 Å². The summed E-state index contributed by atoms with van der Waals surface area (Å²) >= 11 is 2.65. The number of carbonyl (C=O) groups excluding carboxylic acids is 1. The summed E-state index contributed by atoms with van der Waals surface area (Å²) in [6.07, 6.45) is 4.47. The molecule has 28 heavy (non-hydrogen) atoms. The van der Waals surface area contributed by atoms with Crippen LogP contribution in [0.5, 0.6) is 0 Å². The fraction of sp³-hybridized carbons (Fsp3) is 0.350. The lowest BCUT2D eigenvalue weighted by atomic mass is 10.1. The van der Waals surface area contributed by atoms with Gasteiger partial charge in [-0.05, 0) is 18.4 Å². The van der Waals surface area contributed by atoms with Gasteiger partial charge in [-0.15, -0.1) is 11.3 Å². The van der Waals surface area contributed by atoms with E-state index in [-0.39, 0.29) is 17.2 Å². The molecular weight excluding hydrogens is 392 g/mol. The number of benzene rings is 1. The highest BCUT2D eigenvalue weighted by molar-refractivity contribution is 7.99. The maximum atomic E-state index is 12.9. The molecule has 1 fully saturated rings. The first kappa shape index (κ1) is 19.0. The third kappa shape index (κ3) is 3.79. The Morgan fingerprint density at radius 2 is 1.86 bits per heavy atom. The normalized spacial score (nSPS) is 14.9. The lowest BCUT2D eigenvalue weighted by Gasteiger charge is -2.20. The lowest BCUT2D eigenvalue weighted by molar-refractivity contribution is -0.128. The quantitative estimate of drug-likeness (QED) is 0.402. The largest absolute Gasteiger partial charge is 0.342 e. The van der Waals surface area contributed by atoms with Crippen molar-refractivity contribution in [2.75, 3.05) is 24.7 Å². The molecule has 8 heteroatoms. The van der Waals surface area contributed by atoms with E-state index in [1.165, 1.54) is 35.9 Å². The highest BCUT2D eigenvalue weighted by atomic mass is 32.2. The number of aromatic nitrogens is 2. The monoisotopic (exact) mass is 414 g/mol. The molecule has 1 amide bonds. The van der Waals surface area contributed by atoms with E-state index < -0.39 is 0 Å². The van der Waals surface area contributed by atoms with Crippen molar-refractivity contribution in [1.29, 1.82) is 0 Å². The second-order valence-corrected chi connectivity index (χ2v) is 8.65. The second kappa shape index (κ2) is 8.36. The van der Waals surface area contributed by atoms with E-state index in [1.807, 2.05) is 40.6 Å². The molecule has 0 atom stereocenters. The van der Waals surface area contributed by atoms with Crippen LogP contribution in [0.1, 0.15) is 25.7 Å². The molecule has 4 rings (SSSR count). The van der Waals surface area contributed by atoms with Crippen LogP contribution in [0.4, 0.5) is 0 Å². The summed E-state index contributed by atoms with van der Waals surface area (Å²) in [5, 5.41) is 2.84. The molecule has 2 N–H and O–H groups in total. The van der Waals surface area contributed by atoms with Gasteiger partial charge in [0.25, 0.3) is 5.56 Å². The van der Waals surface area contributed by atoms with Gasteiger partial charge in [-0.25, -0.2) is 9.66 Å². The van der Waals surface area contributed by atoms with Gasteiger partial charge in [0.15, 0.2) is 5.16 Å². The molecule has 1 aromatic carbocycles. The van der Waals surface area contributed by atoms with Crippen molar-refractivity contribution in [3.05, 3.63) is 46.1 Å². The summed E-state index contributed by atoms with van der Waals surface area (Å²) in [5.41, 5.74) is 1.52. The van der Waals surface area contributed by atoms with Crippen LogP contribution in [0, 0.1) is 0 Å². The van der Waals surface area contributed by atoms with Crippen LogP contribution in [-0.2, 0) is 4.79 Å². The Hall–Kier alpha value is -2.32. The molecule has 6 nitrogen and oxygen atoms in total. The maximum absolute atomic E-state index is 12.9. The van der Waals surface area contributed by atoms with Gasteiger partial charge in [-0.2, -0.15) is 0 Å². The number of likely N-dealkylation sites (tertiary alicyclic amines) is 1. The SMILES string of the molecule is Nn1c(SCC(=O)N2CCCCCC2)nc2scc(-c3ccccc3)c2c1=O. The van der Waals surface area contributed by atoms with E-state index in [1.54, 1.807) is 0 Å². The number of hydrogen-bond acceptors (Lipinski definition) is 6. The number of rotatable bonds is 4. The van der Waals surface area contributed by atoms with Gasteiger partial charge < -0.3 is 10.7 Å². The van der Waals surface area contributed by atoms with Crippen molar-refractivity contribution in [2.24, 2.45) is 0 Å². The lowest BCUT2D eigenvalue weighted by Crippen LogP contribution is -2.34. The van der Waals surface area contributed by atoms with Crippen molar-refractivity contribution >= 4 is 39.2 Å². The summed E-state index contributed by atoms with van der Waals surface area (Å²) < 4.78 is 1.07. The Morgan fingerprint density at radius 1 is 1.14 bits per heavy atom. The fourth-order valence-electron chi connectivity index (χ4n) is 3.45. The van der Waals surface area contributed by atoms with E-state index in [9.17, 15) is 9.59 Å². The van der Waals surface area contributed by atoms with E-state index in [2.05, 4.69) is 4.98 Å². The molecule has 0 bridgehead atoms. The number of carbonyl (C=O) groups is 1. The summed E-state index contributed by atoms with van der Waals surface area (Å²) in [7, 11) is 0. The molecule has 0 unspecified atom stereocenters. The smallest absolute Gasteiger partial charge is 0.282 e. The molecule has 1 saturated heterocycles. The topological polar surface area (TPSA) is 81.2 Å². The van der Waals surface area contributed by atoms with E-state index in [0.29, 0.717) is 15.4 Å². The van der Waals surface area contributed by atoms with Crippen LogP contribution >= 0.6 is 23.1 Å². The molecule has 3 heterocycles. The van der Waals surface area contributed by atoms with Crippen LogP contribution < -0.4 is 11.4 Å². The van der Waals surface area contributed by atoms with Crippen LogP contribution in [0.25, 0.3) is 21.3 Å². The maximum Gasteiger partial charge on any atom is 0.282 e. The summed E-state index contributed by atoms with van der Waals surface area (Å²) in [5.74, 6) is 6.37. The van der Waals surface area contributed by atoms with Crippen molar-refractivity contribution in [3.63, 3.8) is 0 Å². The zero-order valence-electron chi connectivity index (χ0n) is 15.5. The fourth-order valence-corrected chi connectivity index (χ4v) is 5.26. The number of amides is 1. The first-order valence-electron chi connectivity index (χ1n) is 9.40. The molecule has 0 saturated carbocycles. The third-order valence-corrected chi connectivity index (χ3v) is 6.79. The first-order valence-corrected chi connectivity index (χ1v) is 11.3. The Bertz CT molecular complexity index is 1040. The average molecular weight is 415 g/mol. The predicted molar refractivity (Wildman–Crippen MR) is 115 cm³/mol. The number of nitrogens with zero attached hydrogens (tertiary/aromatic N) is 3. The first-order chi connectivity index (χ1) is 13.6. The number of nitrogen functional groups attached to an aromatic ring is 1. The van der Waals surface area contributed by atoms with Gasteiger partial charge in [0.2, 0.25) is 5.91 Å². The summed E-state index contributed by atoms with van der Waals surface area (Å²) in [4.78, 5) is 32.5. The number of thioether (sulfide) groups is 1. The standard InChI is InChI=1S/C20H22N4O2S2/c21-24-19(26)17-15(14-8-4-3-5-9-14)12-27-18(17)22-20(24)28-13-16(25)23-10-6-1-2-7-11-23/h3-5,8-9,12H,1-2,6-7,10-11,13,21H2. The minimum absolute atomic E-state index is 0.0809. The molecule has 0 radical (unpaired) electrons. The highest BCUT2D eigenvalue weighted by Crippen LogP contribution is 2.31. The summed E-state index contributed by atoms with van der Waals surface area (Å²) in [6, 6.07) is 9.74. The van der Waals surface area contributed by atoms with Gasteiger partial charge in [0, 0.05) is 24.0 Å². The minimum atomic E-state index is -0.283. The van der Waals surface area contributed by atoms with E-state index in [0.717, 1.165) is 41.7 Å². The Balaban J connectivity index is 1.58. The number of fused-ring (bicyclic) bond motifs is 1. The zero-order chi connectivity index (χ0) is 19.5. The third-order valence-electron chi connectivity index (χ3n) is 4.98. The van der Waals surface area contributed by atoms with Gasteiger partial charge in [0.05, 0.1) is 11.1 Å². The minimum Gasteiger partial charge on any atom is -0.342 e. The molecule has 1 aliphatic heterocycles. The Kier molecular flexibility index (Phi) is 5.68. The average Bonchev–Trinajstić information content (AvgIpc) is 2.95.